The lowest BCUT2D eigenvalue weighted by Gasteiger charge is -2.31. The van der Waals surface area contributed by atoms with Crippen molar-refractivity contribution in [3.63, 3.8) is 0 Å². The van der Waals surface area contributed by atoms with Gasteiger partial charge in [0.1, 0.15) is 17.2 Å². The Bertz CT molecular complexity index is 820. The Balaban J connectivity index is 1.57. The number of nitrogens with zero attached hydrogens (tertiary/aromatic N) is 1. The fourth-order valence-corrected chi connectivity index (χ4v) is 3.53. The molecule has 1 aliphatic carbocycles. The predicted molar refractivity (Wildman–Crippen MR) is 96.0 cm³/mol. The largest absolute Gasteiger partial charge is 0.459 e. The number of halogens is 4. The zero-order chi connectivity index (χ0) is 19.6. The molecule has 2 aromatic rings. The van der Waals surface area contributed by atoms with Crippen LogP contribution in [-0.2, 0) is 6.54 Å². The standard InChI is InChI=1S/C19H23F4N3O/c1-11-15-9-13(20)5-8-16(15)27-17(11)10-25-18(24-2)26-14-6-3-12(4-7-14)19(21,22)23/h5,8-9,12,14H,3-4,6-7,10H2,1-2H3,(H2,24,25,26). The number of alkyl halides is 3. The van der Waals surface area contributed by atoms with Gasteiger partial charge in [-0.2, -0.15) is 13.2 Å². The molecule has 1 saturated carbocycles. The van der Waals surface area contributed by atoms with Gasteiger partial charge < -0.3 is 15.1 Å². The molecule has 0 aliphatic heterocycles. The second kappa shape index (κ2) is 7.78. The number of fused-ring (bicyclic) bond motifs is 1. The van der Waals surface area contributed by atoms with Crippen LogP contribution in [0, 0.1) is 18.7 Å². The van der Waals surface area contributed by atoms with Gasteiger partial charge in [0.05, 0.1) is 12.5 Å². The van der Waals surface area contributed by atoms with Gasteiger partial charge >= 0.3 is 6.18 Å². The molecule has 2 N–H and O–H groups in total. The number of rotatable bonds is 3. The monoisotopic (exact) mass is 385 g/mol. The molecule has 0 amide bonds. The van der Waals surface area contributed by atoms with Gasteiger partial charge in [-0.3, -0.25) is 4.99 Å². The number of aliphatic imine (C=N–C) groups is 1. The zero-order valence-corrected chi connectivity index (χ0v) is 15.3. The number of nitrogens with one attached hydrogen (secondary N) is 2. The quantitative estimate of drug-likeness (QED) is 0.459. The average molecular weight is 385 g/mol. The van der Waals surface area contributed by atoms with Crippen molar-refractivity contribution in [2.45, 2.75) is 51.4 Å². The fraction of sp³-hybridized carbons (Fsp3) is 0.526. The van der Waals surface area contributed by atoms with Crippen LogP contribution < -0.4 is 10.6 Å². The molecule has 4 nitrogen and oxygen atoms in total. The van der Waals surface area contributed by atoms with Crippen LogP contribution >= 0.6 is 0 Å². The number of aryl methyl sites for hydroxylation is 1. The second-order valence-corrected chi connectivity index (χ2v) is 6.95. The Morgan fingerprint density at radius 2 is 1.93 bits per heavy atom. The maximum atomic E-state index is 13.4. The van der Waals surface area contributed by atoms with Gasteiger partial charge in [0.25, 0.3) is 0 Å². The summed E-state index contributed by atoms with van der Waals surface area (Å²) in [6.07, 6.45) is -2.94. The third-order valence-corrected chi connectivity index (χ3v) is 5.17. The minimum Gasteiger partial charge on any atom is -0.459 e. The van der Waals surface area contributed by atoms with Crippen LogP contribution in [0.3, 0.4) is 0 Å². The minimum absolute atomic E-state index is 0.0410. The fourth-order valence-electron chi connectivity index (χ4n) is 3.53. The smallest absolute Gasteiger partial charge is 0.391 e. The lowest BCUT2D eigenvalue weighted by atomic mass is 9.85. The van der Waals surface area contributed by atoms with Crippen molar-refractivity contribution in [2.24, 2.45) is 10.9 Å². The van der Waals surface area contributed by atoms with E-state index < -0.39 is 12.1 Å². The van der Waals surface area contributed by atoms with Crippen LogP contribution in [0.25, 0.3) is 11.0 Å². The van der Waals surface area contributed by atoms with E-state index in [-0.39, 0.29) is 24.7 Å². The average Bonchev–Trinajstić information content (AvgIpc) is 2.94. The Labute approximate surface area is 155 Å². The molecule has 1 aromatic carbocycles. The highest BCUT2D eigenvalue weighted by Gasteiger charge is 2.41. The highest BCUT2D eigenvalue weighted by Crippen LogP contribution is 2.37. The van der Waals surface area contributed by atoms with Crippen LogP contribution in [0.4, 0.5) is 17.6 Å². The maximum Gasteiger partial charge on any atom is 0.391 e. The summed E-state index contributed by atoms with van der Waals surface area (Å²) in [6, 6.07) is 4.33. The molecule has 0 unspecified atom stereocenters. The van der Waals surface area contributed by atoms with Crippen molar-refractivity contribution >= 4 is 16.9 Å². The molecule has 3 rings (SSSR count). The molecular formula is C19H23F4N3O. The molecule has 0 radical (unpaired) electrons. The summed E-state index contributed by atoms with van der Waals surface area (Å²) in [6.45, 7) is 2.20. The van der Waals surface area contributed by atoms with Gasteiger partial charge in [0.15, 0.2) is 5.96 Å². The number of furan rings is 1. The number of hydrogen-bond acceptors (Lipinski definition) is 2. The number of guanidine groups is 1. The first kappa shape index (κ1) is 19.5. The third kappa shape index (κ3) is 4.54. The first-order chi connectivity index (χ1) is 12.8. The molecule has 0 atom stereocenters. The van der Waals surface area contributed by atoms with Gasteiger partial charge in [0.2, 0.25) is 0 Å². The van der Waals surface area contributed by atoms with Gasteiger partial charge in [-0.1, -0.05) is 0 Å². The summed E-state index contributed by atoms with van der Waals surface area (Å²) < 4.78 is 57.5. The van der Waals surface area contributed by atoms with Gasteiger partial charge in [0, 0.05) is 24.0 Å². The summed E-state index contributed by atoms with van der Waals surface area (Å²) in [5, 5.41) is 7.02. The minimum atomic E-state index is -4.11. The molecule has 8 heteroatoms. The van der Waals surface area contributed by atoms with Gasteiger partial charge in [-0.15, -0.1) is 0 Å². The highest BCUT2D eigenvalue weighted by atomic mass is 19.4. The van der Waals surface area contributed by atoms with E-state index in [0.717, 1.165) is 10.9 Å². The molecule has 0 bridgehead atoms. The Hall–Kier alpha value is -2.25. The summed E-state index contributed by atoms with van der Waals surface area (Å²) in [5.41, 5.74) is 1.46. The molecular weight excluding hydrogens is 362 g/mol. The van der Waals surface area contributed by atoms with E-state index >= 15 is 0 Å². The molecule has 27 heavy (non-hydrogen) atoms. The molecule has 1 aliphatic rings. The van der Waals surface area contributed by atoms with Crippen molar-refractivity contribution in [1.82, 2.24) is 10.6 Å². The van der Waals surface area contributed by atoms with E-state index in [4.69, 9.17) is 4.42 Å². The lowest BCUT2D eigenvalue weighted by Crippen LogP contribution is -2.45. The van der Waals surface area contributed by atoms with Crippen molar-refractivity contribution in [3.8, 4) is 0 Å². The van der Waals surface area contributed by atoms with Crippen LogP contribution in [0.1, 0.15) is 37.0 Å². The van der Waals surface area contributed by atoms with Crippen molar-refractivity contribution in [1.29, 1.82) is 0 Å². The molecule has 1 heterocycles. The van der Waals surface area contributed by atoms with Crippen molar-refractivity contribution in [2.75, 3.05) is 7.05 Å². The van der Waals surface area contributed by atoms with Crippen molar-refractivity contribution in [3.05, 3.63) is 35.3 Å². The third-order valence-electron chi connectivity index (χ3n) is 5.17. The first-order valence-electron chi connectivity index (χ1n) is 8.99. The maximum absolute atomic E-state index is 13.4. The van der Waals surface area contributed by atoms with Crippen LogP contribution in [0.15, 0.2) is 27.6 Å². The Kier molecular flexibility index (Phi) is 5.62. The molecule has 1 fully saturated rings. The number of benzene rings is 1. The number of hydrogen-bond donors (Lipinski definition) is 2. The Morgan fingerprint density at radius 1 is 1.22 bits per heavy atom. The van der Waals surface area contributed by atoms with Crippen LogP contribution in [-0.4, -0.2) is 25.2 Å². The molecule has 1 aromatic heterocycles. The normalized spacial score (nSPS) is 21.5. The van der Waals surface area contributed by atoms with Crippen LogP contribution in [0.2, 0.25) is 0 Å². The van der Waals surface area contributed by atoms with Gasteiger partial charge in [-0.05, 0) is 50.8 Å². The molecule has 148 valence electrons. The lowest BCUT2D eigenvalue weighted by molar-refractivity contribution is -0.182. The molecule has 0 spiro atoms. The van der Waals surface area contributed by atoms with E-state index in [1.54, 1.807) is 13.1 Å². The first-order valence-corrected chi connectivity index (χ1v) is 8.99. The summed E-state index contributed by atoms with van der Waals surface area (Å²) in [5.74, 6) is -0.349. The van der Waals surface area contributed by atoms with E-state index in [1.165, 1.54) is 12.1 Å². The second-order valence-electron chi connectivity index (χ2n) is 6.95. The van der Waals surface area contributed by atoms with E-state index in [1.807, 2.05) is 6.92 Å². The predicted octanol–water partition coefficient (Wildman–Crippen LogP) is 4.67. The summed E-state index contributed by atoms with van der Waals surface area (Å²) in [7, 11) is 1.61. The van der Waals surface area contributed by atoms with E-state index in [0.29, 0.717) is 36.7 Å². The highest BCUT2D eigenvalue weighted by molar-refractivity contribution is 5.83. The van der Waals surface area contributed by atoms with Crippen LogP contribution in [0.5, 0.6) is 0 Å². The summed E-state index contributed by atoms with van der Waals surface area (Å²) in [4.78, 5) is 4.13. The SMILES string of the molecule is CN=C(NCc1oc2ccc(F)cc2c1C)NC1CCC(C(F)(F)F)CC1. The topological polar surface area (TPSA) is 49.6 Å². The van der Waals surface area contributed by atoms with E-state index in [9.17, 15) is 17.6 Å². The molecule has 0 saturated heterocycles. The van der Waals surface area contributed by atoms with Crippen molar-refractivity contribution < 1.29 is 22.0 Å². The zero-order valence-electron chi connectivity index (χ0n) is 15.3. The summed E-state index contributed by atoms with van der Waals surface area (Å²) >= 11 is 0. The van der Waals surface area contributed by atoms with Gasteiger partial charge in [-0.25, -0.2) is 4.39 Å². The van der Waals surface area contributed by atoms with E-state index in [2.05, 4.69) is 15.6 Å². The Morgan fingerprint density at radius 3 is 2.56 bits per heavy atom.